The van der Waals surface area contributed by atoms with Gasteiger partial charge in [0.2, 0.25) is 6.41 Å². The summed E-state index contributed by atoms with van der Waals surface area (Å²) in [6.45, 7) is 1.87. The molecular formula is C19H17F4N3O2. The number of anilines is 1. The minimum Gasteiger partial charge on any atom is -0.378 e. The molecule has 0 saturated heterocycles. The highest BCUT2D eigenvalue weighted by Crippen LogP contribution is 2.32. The van der Waals surface area contributed by atoms with Gasteiger partial charge >= 0.3 is 6.18 Å². The van der Waals surface area contributed by atoms with Crippen molar-refractivity contribution in [1.29, 1.82) is 0 Å². The first-order chi connectivity index (χ1) is 13.3. The molecule has 3 aromatic rings. The molecule has 0 aliphatic carbocycles. The molecule has 0 unspecified atom stereocenters. The van der Waals surface area contributed by atoms with Crippen LogP contribution in [-0.4, -0.2) is 23.1 Å². The zero-order chi connectivity index (χ0) is 20.5. The molecule has 0 saturated carbocycles. The van der Waals surface area contributed by atoms with E-state index in [0.717, 1.165) is 12.1 Å². The van der Waals surface area contributed by atoms with Gasteiger partial charge in [0.1, 0.15) is 17.2 Å². The lowest BCUT2D eigenvalue weighted by Crippen LogP contribution is -2.10. The second-order valence-corrected chi connectivity index (χ2v) is 6.09. The highest BCUT2D eigenvalue weighted by atomic mass is 19.4. The van der Waals surface area contributed by atoms with E-state index in [9.17, 15) is 22.4 Å². The first-order valence-corrected chi connectivity index (χ1v) is 8.40. The van der Waals surface area contributed by atoms with Crippen LogP contribution in [0.5, 0.6) is 0 Å². The average molecular weight is 395 g/mol. The lowest BCUT2D eigenvalue weighted by molar-refractivity contribution is -0.141. The molecule has 148 valence electrons. The third kappa shape index (κ3) is 3.57. The summed E-state index contributed by atoms with van der Waals surface area (Å²) in [5.74, 6) is -0.696. The largest absolute Gasteiger partial charge is 0.433 e. The Balaban J connectivity index is 2.30. The topological polar surface area (TPSA) is 56.1 Å². The summed E-state index contributed by atoms with van der Waals surface area (Å²) in [6, 6.07) is 6.62. The average Bonchev–Trinajstić information content (AvgIpc) is 3.00. The molecule has 9 heteroatoms. The number of methoxy groups -OCH3 is 1. The normalized spacial score (nSPS) is 11.8. The van der Waals surface area contributed by atoms with Crippen LogP contribution in [0.25, 0.3) is 16.7 Å². The van der Waals surface area contributed by atoms with Crippen LogP contribution in [0.3, 0.4) is 0 Å². The van der Waals surface area contributed by atoms with E-state index in [4.69, 9.17) is 4.74 Å². The van der Waals surface area contributed by atoms with Crippen LogP contribution >= 0.6 is 0 Å². The van der Waals surface area contributed by atoms with E-state index in [0.29, 0.717) is 35.2 Å². The smallest absolute Gasteiger partial charge is 0.378 e. The molecule has 0 radical (unpaired) electrons. The van der Waals surface area contributed by atoms with Crippen LogP contribution in [-0.2, 0) is 28.7 Å². The van der Waals surface area contributed by atoms with Crippen molar-refractivity contribution < 1.29 is 27.1 Å². The summed E-state index contributed by atoms with van der Waals surface area (Å²) in [7, 11) is 1.45. The fourth-order valence-electron chi connectivity index (χ4n) is 3.11. The molecule has 2 heterocycles. The number of halogens is 4. The molecular weight excluding hydrogens is 378 g/mol. The Morgan fingerprint density at radius 1 is 1.25 bits per heavy atom. The van der Waals surface area contributed by atoms with Crippen LogP contribution in [0, 0.1) is 5.82 Å². The van der Waals surface area contributed by atoms with Crippen molar-refractivity contribution in [2.75, 3.05) is 12.4 Å². The van der Waals surface area contributed by atoms with Gasteiger partial charge in [-0.05, 0) is 36.2 Å². The molecule has 0 spiro atoms. The van der Waals surface area contributed by atoms with E-state index in [2.05, 4.69) is 10.3 Å². The van der Waals surface area contributed by atoms with E-state index in [-0.39, 0.29) is 17.9 Å². The lowest BCUT2D eigenvalue weighted by Gasteiger charge is -2.15. The van der Waals surface area contributed by atoms with Gasteiger partial charge < -0.3 is 10.1 Å². The van der Waals surface area contributed by atoms with Crippen molar-refractivity contribution >= 4 is 23.1 Å². The maximum Gasteiger partial charge on any atom is 0.433 e. The molecule has 3 rings (SSSR count). The van der Waals surface area contributed by atoms with Crippen molar-refractivity contribution in [3.63, 3.8) is 0 Å². The molecule has 5 nitrogen and oxygen atoms in total. The van der Waals surface area contributed by atoms with Crippen LogP contribution in [0.1, 0.15) is 23.9 Å². The van der Waals surface area contributed by atoms with E-state index in [1.54, 1.807) is 19.1 Å². The van der Waals surface area contributed by atoms with Gasteiger partial charge in [-0.2, -0.15) is 13.2 Å². The zero-order valence-corrected chi connectivity index (χ0v) is 15.1. The number of hydrogen-bond acceptors (Lipinski definition) is 3. The monoisotopic (exact) mass is 395 g/mol. The Labute approximate surface area is 157 Å². The molecule has 0 atom stereocenters. The summed E-state index contributed by atoms with van der Waals surface area (Å²) >= 11 is 0. The molecule has 1 amide bonds. The van der Waals surface area contributed by atoms with Gasteiger partial charge in [0.25, 0.3) is 0 Å². The number of rotatable bonds is 6. The third-order valence-corrected chi connectivity index (χ3v) is 4.31. The first kappa shape index (κ1) is 19.8. The lowest BCUT2D eigenvalue weighted by atomic mass is 10.1. The van der Waals surface area contributed by atoms with Crippen LogP contribution < -0.4 is 5.32 Å². The molecule has 2 aromatic heterocycles. The minimum absolute atomic E-state index is 0.0370. The van der Waals surface area contributed by atoms with Gasteiger partial charge in [0.05, 0.1) is 23.7 Å². The van der Waals surface area contributed by atoms with E-state index in [1.165, 1.54) is 17.7 Å². The third-order valence-electron chi connectivity index (χ3n) is 4.31. The number of hydrogen-bond donors (Lipinski definition) is 1. The number of aryl methyl sites for hydroxylation is 1. The number of alkyl halides is 3. The van der Waals surface area contributed by atoms with Crippen molar-refractivity contribution in [3.8, 4) is 5.69 Å². The SMILES string of the molecule is CCc1cc(-n2c(COC)cc3ccc(C(F)(F)F)nc32)cc(F)c1NC=O. The zero-order valence-electron chi connectivity index (χ0n) is 15.1. The summed E-state index contributed by atoms with van der Waals surface area (Å²) < 4.78 is 60.6. The number of amides is 1. The number of carbonyl (C=O) groups is 1. The number of aromatic nitrogens is 2. The van der Waals surface area contributed by atoms with Crippen molar-refractivity contribution in [3.05, 3.63) is 53.1 Å². The fourth-order valence-corrected chi connectivity index (χ4v) is 3.11. The van der Waals surface area contributed by atoms with Gasteiger partial charge in [-0.25, -0.2) is 9.37 Å². The van der Waals surface area contributed by atoms with Crippen molar-refractivity contribution in [2.24, 2.45) is 0 Å². The Bertz CT molecular complexity index is 1030. The Hall–Kier alpha value is -2.94. The van der Waals surface area contributed by atoms with Gasteiger partial charge in [0, 0.05) is 18.6 Å². The van der Waals surface area contributed by atoms with E-state index < -0.39 is 17.7 Å². The fraction of sp³-hybridized carbons (Fsp3) is 0.263. The van der Waals surface area contributed by atoms with Crippen molar-refractivity contribution in [1.82, 2.24) is 9.55 Å². The molecule has 28 heavy (non-hydrogen) atoms. The highest BCUT2D eigenvalue weighted by molar-refractivity contribution is 5.81. The van der Waals surface area contributed by atoms with Crippen LogP contribution in [0.2, 0.25) is 0 Å². The number of ether oxygens (including phenoxy) is 1. The van der Waals surface area contributed by atoms with Gasteiger partial charge in [-0.3, -0.25) is 9.36 Å². The van der Waals surface area contributed by atoms with E-state index >= 15 is 0 Å². The molecule has 0 fully saturated rings. The Morgan fingerprint density at radius 2 is 2.00 bits per heavy atom. The standard InChI is InChI=1S/C19H17F4N3O2/c1-3-11-6-13(8-15(20)17(11)24-10-27)26-14(9-28-2)7-12-4-5-16(19(21,22)23)25-18(12)26/h4-8,10H,3,9H2,1-2H3,(H,24,27). The Kier molecular flexibility index (Phi) is 5.37. The number of pyridine rings is 1. The molecule has 0 aliphatic heterocycles. The number of fused-ring (bicyclic) bond motifs is 1. The molecule has 1 N–H and O–H groups in total. The van der Waals surface area contributed by atoms with E-state index in [1.807, 2.05) is 0 Å². The van der Waals surface area contributed by atoms with Gasteiger partial charge in [-0.1, -0.05) is 6.92 Å². The highest BCUT2D eigenvalue weighted by Gasteiger charge is 2.33. The number of carbonyl (C=O) groups excluding carboxylic acids is 1. The molecule has 0 aliphatic rings. The van der Waals surface area contributed by atoms with Crippen LogP contribution in [0.15, 0.2) is 30.3 Å². The summed E-state index contributed by atoms with van der Waals surface area (Å²) in [4.78, 5) is 14.5. The molecule has 1 aromatic carbocycles. The maximum absolute atomic E-state index is 14.6. The summed E-state index contributed by atoms with van der Waals surface area (Å²) in [6.07, 6.45) is -3.83. The van der Waals surface area contributed by atoms with Gasteiger partial charge in [0.15, 0.2) is 0 Å². The first-order valence-electron chi connectivity index (χ1n) is 8.40. The van der Waals surface area contributed by atoms with Crippen molar-refractivity contribution in [2.45, 2.75) is 26.1 Å². The minimum atomic E-state index is -4.61. The predicted octanol–water partition coefficient (Wildman–Crippen LogP) is 4.46. The summed E-state index contributed by atoms with van der Waals surface area (Å²) in [5, 5.41) is 2.79. The van der Waals surface area contributed by atoms with Crippen LogP contribution in [0.4, 0.5) is 23.2 Å². The summed E-state index contributed by atoms with van der Waals surface area (Å²) in [5.41, 5.74) is 0.342. The number of nitrogens with one attached hydrogen (secondary N) is 1. The number of benzene rings is 1. The Morgan fingerprint density at radius 3 is 2.61 bits per heavy atom. The quantitative estimate of drug-likeness (QED) is 0.495. The maximum atomic E-state index is 14.6. The molecule has 0 bridgehead atoms. The number of nitrogens with zero attached hydrogens (tertiary/aromatic N) is 2. The van der Waals surface area contributed by atoms with Gasteiger partial charge in [-0.15, -0.1) is 0 Å². The predicted molar refractivity (Wildman–Crippen MR) is 95.8 cm³/mol. The second kappa shape index (κ2) is 7.59. The second-order valence-electron chi connectivity index (χ2n) is 6.09.